The molecule has 1 aromatic heterocycles. The lowest BCUT2D eigenvalue weighted by Gasteiger charge is -2.15. The normalized spacial score (nSPS) is 15.3. The average molecular weight is 469 g/mol. The van der Waals surface area contributed by atoms with Crippen molar-refractivity contribution in [1.29, 1.82) is 0 Å². The van der Waals surface area contributed by atoms with Crippen LogP contribution in [0.25, 0.3) is 0 Å². The maximum Gasteiger partial charge on any atom is 0.280 e. The second-order valence-electron chi connectivity index (χ2n) is 7.11. The lowest BCUT2D eigenvalue weighted by molar-refractivity contribution is -0.140. The number of amides is 2. The first-order chi connectivity index (χ1) is 14.6. The number of anilines is 1. The van der Waals surface area contributed by atoms with E-state index < -0.39 is 27.0 Å². The molecule has 0 radical (unpaired) electrons. The molecule has 1 aliphatic carbocycles. The van der Waals surface area contributed by atoms with Crippen molar-refractivity contribution in [3.8, 4) is 0 Å². The van der Waals surface area contributed by atoms with Crippen LogP contribution in [-0.4, -0.2) is 61.3 Å². The Morgan fingerprint density at radius 1 is 1.29 bits per heavy atom. The third-order valence-corrected chi connectivity index (χ3v) is 7.40. The summed E-state index contributed by atoms with van der Waals surface area (Å²) in [5, 5.41) is 5.32. The number of hydrogen-bond donors (Lipinski definition) is 1. The Hall–Kier alpha value is -2.86. The molecule has 2 amide bonds. The molecule has 1 N–H and O–H groups in total. The zero-order valence-corrected chi connectivity index (χ0v) is 18.7. The number of nitrogens with one attached hydrogen (secondary N) is 1. The predicted octanol–water partition coefficient (Wildman–Crippen LogP) is 2.05. The smallest absolute Gasteiger partial charge is 0.280 e. The van der Waals surface area contributed by atoms with Crippen molar-refractivity contribution >= 4 is 43.8 Å². The second kappa shape index (κ2) is 9.10. The van der Waals surface area contributed by atoms with Gasteiger partial charge in [-0.3, -0.25) is 14.9 Å². The summed E-state index contributed by atoms with van der Waals surface area (Å²) in [6.45, 7) is 1.48. The zero-order valence-electron chi connectivity index (χ0n) is 17.0. The number of benzene rings is 1. The molecular weight excluding hydrogens is 447 g/mol. The summed E-state index contributed by atoms with van der Waals surface area (Å²) >= 11 is 0.632. The Morgan fingerprint density at radius 2 is 1.94 bits per heavy atom. The van der Waals surface area contributed by atoms with E-state index in [0.717, 1.165) is 6.20 Å². The van der Waals surface area contributed by atoms with Crippen molar-refractivity contribution in [1.82, 2.24) is 9.88 Å². The van der Waals surface area contributed by atoms with Gasteiger partial charge in [0.15, 0.2) is 25.8 Å². The minimum absolute atomic E-state index is 0.0144. The van der Waals surface area contributed by atoms with E-state index in [1.54, 1.807) is 14.1 Å². The Balaban J connectivity index is 1.88. The van der Waals surface area contributed by atoms with Crippen LogP contribution in [0.15, 0.2) is 40.5 Å². The third-order valence-electron chi connectivity index (χ3n) is 4.42. The molecule has 31 heavy (non-hydrogen) atoms. The summed E-state index contributed by atoms with van der Waals surface area (Å²) in [7, 11) is -0.290. The van der Waals surface area contributed by atoms with Gasteiger partial charge < -0.3 is 9.74 Å². The van der Waals surface area contributed by atoms with E-state index in [4.69, 9.17) is 4.84 Å². The van der Waals surface area contributed by atoms with Gasteiger partial charge in [-0.1, -0.05) is 28.6 Å². The van der Waals surface area contributed by atoms with Crippen molar-refractivity contribution < 1.29 is 27.2 Å². The van der Waals surface area contributed by atoms with E-state index in [-0.39, 0.29) is 32.5 Å². The number of hydrogen-bond acceptors (Lipinski definition) is 8. The van der Waals surface area contributed by atoms with E-state index in [0.29, 0.717) is 24.2 Å². The van der Waals surface area contributed by atoms with Gasteiger partial charge >= 0.3 is 0 Å². The number of thiazole rings is 1. The van der Waals surface area contributed by atoms with Crippen molar-refractivity contribution in [2.24, 2.45) is 5.16 Å². The average Bonchev–Trinajstić information content (AvgIpc) is 3.51. The van der Waals surface area contributed by atoms with Gasteiger partial charge in [0.1, 0.15) is 0 Å². The van der Waals surface area contributed by atoms with Crippen LogP contribution >= 0.6 is 11.3 Å². The number of rotatable bonds is 8. The van der Waals surface area contributed by atoms with E-state index in [1.165, 1.54) is 36.1 Å². The largest absolute Gasteiger partial charge is 0.382 e. The van der Waals surface area contributed by atoms with Gasteiger partial charge in [-0.2, -0.15) is 4.39 Å². The SMILES string of the molecule is C[C@H](ON=C(C(=O)Nc1ncc(F)s1)c1ccc(S(=O)(=O)C2CC2)cc1)C(=O)N(C)C. The van der Waals surface area contributed by atoms with Crippen LogP contribution in [-0.2, 0) is 24.3 Å². The summed E-state index contributed by atoms with van der Waals surface area (Å²) in [5.74, 6) is -1.12. The molecule has 9 nitrogen and oxygen atoms in total. The van der Waals surface area contributed by atoms with E-state index in [9.17, 15) is 22.4 Å². The molecule has 3 rings (SSSR count). The summed E-state index contributed by atoms with van der Waals surface area (Å²) in [6.07, 6.45) is 1.26. The molecule has 12 heteroatoms. The summed E-state index contributed by atoms with van der Waals surface area (Å²) in [5.41, 5.74) is 0.0400. The monoisotopic (exact) mass is 468 g/mol. The maximum atomic E-state index is 13.2. The predicted molar refractivity (Wildman–Crippen MR) is 113 cm³/mol. The quantitative estimate of drug-likeness (QED) is 0.468. The van der Waals surface area contributed by atoms with Gasteiger partial charge in [-0.25, -0.2) is 13.4 Å². The number of oxime groups is 1. The molecule has 1 saturated carbocycles. The number of carbonyl (C=O) groups excluding carboxylic acids is 2. The number of sulfone groups is 1. The molecule has 1 fully saturated rings. The molecule has 1 aliphatic rings. The van der Waals surface area contributed by atoms with Crippen LogP contribution in [0.2, 0.25) is 0 Å². The first-order valence-electron chi connectivity index (χ1n) is 9.31. The highest BCUT2D eigenvalue weighted by atomic mass is 32.2. The highest BCUT2D eigenvalue weighted by Gasteiger charge is 2.36. The molecule has 166 valence electrons. The van der Waals surface area contributed by atoms with Crippen LogP contribution in [0.1, 0.15) is 25.3 Å². The van der Waals surface area contributed by atoms with Crippen molar-refractivity contribution in [3.63, 3.8) is 0 Å². The fraction of sp³-hybridized carbons (Fsp3) is 0.368. The van der Waals surface area contributed by atoms with Gasteiger partial charge in [0, 0.05) is 19.7 Å². The fourth-order valence-electron chi connectivity index (χ4n) is 2.61. The minimum Gasteiger partial charge on any atom is -0.382 e. The topological polar surface area (TPSA) is 118 Å². The van der Waals surface area contributed by atoms with Gasteiger partial charge in [-0.15, -0.1) is 0 Å². The number of nitrogens with zero attached hydrogens (tertiary/aromatic N) is 3. The van der Waals surface area contributed by atoms with Gasteiger partial charge in [0.2, 0.25) is 6.10 Å². The second-order valence-corrected chi connectivity index (χ2v) is 10.3. The summed E-state index contributed by atoms with van der Waals surface area (Å²) in [4.78, 5) is 35.2. The third kappa shape index (κ3) is 5.44. The number of aromatic nitrogens is 1. The van der Waals surface area contributed by atoms with Gasteiger partial charge in [-0.05, 0) is 31.9 Å². The highest BCUT2D eigenvalue weighted by Crippen LogP contribution is 2.33. The van der Waals surface area contributed by atoms with Crippen molar-refractivity contribution in [2.75, 3.05) is 19.4 Å². The molecule has 0 unspecified atom stereocenters. The van der Waals surface area contributed by atoms with Crippen molar-refractivity contribution in [2.45, 2.75) is 36.0 Å². The Kier molecular flexibility index (Phi) is 6.70. The van der Waals surface area contributed by atoms with Crippen LogP contribution in [0.4, 0.5) is 9.52 Å². The molecule has 0 aliphatic heterocycles. The molecule has 0 bridgehead atoms. The summed E-state index contributed by atoms with van der Waals surface area (Å²) in [6, 6.07) is 5.64. The van der Waals surface area contributed by atoms with Crippen LogP contribution < -0.4 is 5.32 Å². The number of halogens is 1. The Bertz CT molecular complexity index is 1110. The molecule has 0 spiro atoms. The van der Waals surface area contributed by atoms with E-state index >= 15 is 0 Å². The molecule has 0 saturated heterocycles. The number of carbonyl (C=O) groups is 2. The van der Waals surface area contributed by atoms with Gasteiger partial charge in [0.05, 0.1) is 16.3 Å². The van der Waals surface area contributed by atoms with Crippen molar-refractivity contribution in [3.05, 3.63) is 41.2 Å². The van der Waals surface area contributed by atoms with Crippen LogP contribution in [0, 0.1) is 5.13 Å². The molecule has 2 aromatic rings. The highest BCUT2D eigenvalue weighted by molar-refractivity contribution is 7.92. The molecule has 1 atom stereocenters. The van der Waals surface area contributed by atoms with Crippen LogP contribution in [0.3, 0.4) is 0 Å². The zero-order chi connectivity index (χ0) is 22.8. The number of likely N-dealkylation sites (N-methyl/N-ethyl adjacent to an activating group) is 1. The minimum atomic E-state index is -3.39. The van der Waals surface area contributed by atoms with Crippen LogP contribution in [0.5, 0.6) is 0 Å². The lowest BCUT2D eigenvalue weighted by Crippen LogP contribution is -2.33. The fourth-order valence-corrected chi connectivity index (χ4v) is 4.80. The van der Waals surface area contributed by atoms with E-state index in [2.05, 4.69) is 15.5 Å². The standard InChI is InChI=1S/C19H21FN4O5S2/c1-11(18(26)24(2)3)29-23-16(17(25)22-19-21-10-15(20)30-19)12-4-6-13(7-5-12)31(27,28)14-8-9-14/h4-7,10-11,14H,8-9H2,1-3H3,(H,21,22,25)/t11-/m0/s1. The molecular formula is C19H21FN4O5S2. The molecule has 1 heterocycles. The summed E-state index contributed by atoms with van der Waals surface area (Å²) < 4.78 is 38.0. The lowest BCUT2D eigenvalue weighted by atomic mass is 10.1. The van der Waals surface area contributed by atoms with E-state index in [1.807, 2.05) is 0 Å². The van der Waals surface area contributed by atoms with Gasteiger partial charge in [0.25, 0.3) is 11.8 Å². The molecule has 1 aromatic carbocycles. The first kappa shape index (κ1) is 22.8. The Labute approximate surface area is 182 Å². The Morgan fingerprint density at radius 3 is 2.45 bits per heavy atom. The first-order valence-corrected chi connectivity index (χ1v) is 11.7. The maximum absolute atomic E-state index is 13.2.